The number of anilines is 1. The molecule has 0 aliphatic carbocycles. The molecule has 5 nitrogen and oxygen atoms in total. The summed E-state index contributed by atoms with van der Waals surface area (Å²) in [5, 5.41) is 9.43. The molecule has 0 amide bonds. The van der Waals surface area contributed by atoms with Gasteiger partial charge in [-0.1, -0.05) is 0 Å². The Bertz CT molecular complexity index is 436. The summed E-state index contributed by atoms with van der Waals surface area (Å²) in [5.74, 6) is 1.74. The first kappa shape index (κ1) is 11.6. The molecule has 2 atom stereocenters. The van der Waals surface area contributed by atoms with Crippen LogP contribution in [0.3, 0.4) is 0 Å². The third kappa shape index (κ3) is 1.92. The van der Waals surface area contributed by atoms with Crippen molar-refractivity contribution in [3.8, 4) is 0 Å². The van der Waals surface area contributed by atoms with Crippen LogP contribution in [0.25, 0.3) is 0 Å². The lowest BCUT2D eigenvalue weighted by molar-refractivity contribution is -0.0375. The largest absolute Gasteiger partial charge is 0.393 e. The number of ether oxygens (including phenoxy) is 1. The van der Waals surface area contributed by atoms with Crippen LogP contribution in [0.15, 0.2) is 6.07 Å². The second-order valence-electron chi connectivity index (χ2n) is 4.73. The van der Waals surface area contributed by atoms with Crippen LogP contribution in [0, 0.1) is 10.6 Å². The number of halogens is 1. The maximum Gasteiger partial charge on any atom is 0.133 e. The molecule has 2 saturated heterocycles. The highest BCUT2D eigenvalue weighted by molar-refractivity contribution is 14.1. The summed E-state index contributed by atoms with van der Waals surface area (Å²) in [5.41, 5.74) is -0.366. The number of morpholine rings is 1. The van der Waals surface area contributed by atoms with Crippen molar-refractivity contribution in [2.24, 2.45) is 0 Å². The van der Waals surface area contributed by atoms with Crippen LogP contribution >= 0.6 is 22.6 Å². The van der Waals surface area contributed by atoms with E-state index < -0.39 is 0 Å². The highest BCUT2D eigenvalue weighted by Gasteiger charge is 2.51. The highest BCUT2D eigenvalue weighted by atomic mass is 127. The first-order chi connectivity index (χ1) is 8.12. The Labute approximate surface area is 113 Å². The van der Waals surface area contributed by atoms with Gasteiger partial charge in [-0.25, -0.2) is 9.97 Å². The van der Waals surface area contributed by atoms with Gasteiger partial charge in [0.2, 0.25) is 0 Å². The zero-order valence-electron chi connectivity index (χ0n) is 9.56. The lowest BCUT2D eigenvalue weighted by Gasteiger charge is -2.32. The van der Waals surface area contributed by atoms with Gasteiger partial charge in [-0.2, -0.15) is 0 Å². The number of aryl methyl sites for hydroxylation is 1. The van der Waals surface area contributed by atoms with E-state index in [1.165, 1.54) is 0 Å². The lowest BCUT2D eigenvalue weighted by Crippen LogP contribution is -2.45. The van der Waals surface area contributed by atoms with Crippen LogP contribution in [0.2, 0.25) is 0 Å². The molecule has 2 aliphatic rings. The molecule has 92 valence electrons. The van der Waals surface area contributed by atoms with Gasteiger partial charge in [0.25, 0.3) is 0 Å². The van der Waals surface area contributed by atoms with Crippen molar-refractivity contribution >= 4 is 28.4 Å². The first-order valence-corrected chi connectivity index (χ1v) is 6.72. The molecule has 2 fully saturated rings. The van der Waals surface area contributed by atoms with Gasteiger partial charge in [-0.05, 0) is 29.5 Å². The number of aromatic nitrogens is 2. The summed E-state index contributed by atoms with van der Waals surface area (Å²) in [6, 6.07) is 2.33. The molecule has 0 radical (unpaired) electrons. The van der Waals surface area contributed by atoms with E-state index in [4.69, 9.17) is 4.74 Å². The van der Waals surface area contributed by atoms with E-state index in [1.807, 2.05) is 13.0 Å². The van der Waals surface area contributed by atoms with Crippen LogP contribution in [-0.4, -0.2) is 46.5 Å². The average molecular weight is 347 g/mol. The Balaban J connectivity index is 1.91. The Kier molecular flexibility index (Phi) is 2.75. The van der Waals surface area contributed by atoms with Crippen molar-refractivity contribution in [1.82, 2.24) is 9.97 Å². The molecule has 0 saturated carbocycles. The molecule has 1 aromatic rings. The van der Waals surface area contributed by atoms with Crippen molar-refractivity contribution < 1.29 is 9.84 Å². The molecule has 0 aromatic carbocycles. The summed E-state index contributed by atoms with van der Waals surface area (Å²) in [7, 11) is 0. The Morgan fingerprint density at radius 3 is 3.12 bits per heavy atom. The van der Waals surface area contributed by atoms with Crippen molar-refractivity contribution in [2.75, 3.05) is 24.7 Å². The molecule has 3 rings (SSSR count). The molecule has 1 N–H and O–H groups in total. The molecule has 2 aliphatic heterocycles. The second kappa shape index (κ2) is 4.03. The Morgan fingerprint density at radius 1 is 1.65 bits per heavy atom. The van der Waals surface area contributed by atoms with Crippen LogP contribution in [0.4, 0.5) is 5.82 Å². The number of aliphatic hydroxyl groups is 1. The maximum atomic E-state index is 9.43. The topological polar surface area (TPSA) is 58.5 Å². The minimum atomic E-state index is -0.366. The van der Waals surface area contributed by atoms with E-state index in [0.29, 0.717) is 12.6 Å². The number of aliphatic hydroxyl groups excluding tert-OH is 1. The van der Waals surface area contributed by atoms with E-state index in [2.05, 4.69) is 37.5 Å². The summed E-state index contributed by atoms with van der Waals surface area (Å²) in [6.45, 7) is 3.39. The highest BCUT2D eigenvalue weighted by Crippen LogP contribution is 2.39. The van der Waals surface area contributed by atoms with Gasteiger partial charge >= 0.3 is 0 Å². The molecule has 2 bridgehead atoms. The van der Waals surface area contributed by atoms with Crippen molar-refractivity contribution in [1.29, 1.82) is 0 Å². The van der Waals surface area contributed by atoms with E-state index >= 15 is 0 Å². The summed E-state index contributed by atoms with van der Waals surface area (Å²) in [6.07, 6.45) is 0.892. The van der Waals surface area contributed by atoms with Gasteiger partial charge in [-0.3, -0.25) is 0 Å². The smallest absolute Gasteiger partial charge is 0.133 e. The van der Waals surface area contributed by atoms with Gasteiger partial charge < -0.3 is 14.7 Å². The fraction of sp³-hybridized carbons (Fsp3) is 0.636. The lowest BCUT2D eigenvalue weighted by atomic mass is 10.1. The van der Waals surface area contributed by atoms with Crippen molar-refractivity contribution in [3.63, 3.8) is 0 Å². The molecule has 1 aromatic heterocycles. The van der Waals surface area contributed by atoms with E-state index in [-0.39, 0.29) is 12.2 Å². The van der Waals surface area contributed by atoms with Crippen molar-refractivity contribution in [3.05, 3.63) is 15.6 Å². The minimum absolute atomic E-state index is 0.0845. The zero-order valence-corrected chi connectivity index (χ0v) is 11.7. The van der Waals surface area contributed by atoms with Gasteiger partial charge in [0.15, 0.2) is 0 Å². The zero-order chi connectivity index (χ0) is 12.0. The van der Waals surface area contributed by atoms with Gasteiger partial charge in [-0.15, -0.1) is 0 Å². The van der Waals surface area contributed by atoms with Crippen LogP contribution in [-0.2, 0) is 4.74 Å². The monoisotopic (exact) mass is 347 g/mol. The summed E-state index contributed by atoms with van der Waals surface area (Å²) >= 11 is 2.20. The predicted octanol–water partition coefficient (Wildman–Crippen LogP) is 0.730. The van der Waals surface area contributed by atoms with Crippen LogP contribution in [0.1, 0.15) is 12.2 Å². The second-order valence-corrected chi connectivity index (χ2v) is 5.84. The minimum Gasteiger partial charge on any atom is -0.393 e. The van der Waals surface area contributed by atoms with Gasteiger partial charge in [0.1, 0.15) is 20.9 Å². The predicted molar refractivity (Wildman–Crippen MR) is 71.0 cm³/mol. The normalized spacial score (nSPS) is 31.2. The quantitative estimate of drug-likeness (QED) is 0.632. The number of hydrogen-bond donors (Lipinski definition) is 1. The SMILES string of the molecule is Cc1nc(I)cc(N2C[C@@]3(CO)C[C@@H]2CO3)n1. The number of hydrogen-bond acceptors (Lipinski definition) is 5. The average Bonchev–Trinajstić information content (AvgIpc) is 2.86. The number of rotatable bonds is 2. The Morgan fingerprint density at radius 2 is 2.47 bits per heavy atom. The number of nitrogens with zero attached hydrogens (tertiary/aromatic N) is 3. The molecule has 3 heterocycles. The third-order valence-electron chi connectivity index (χ3n) is 3.46. The maximum absolute atomic E-state index is 9.43. The Hall–Kier alpha value is -0.470. The summed E-state index contributed by atoms with van der Waals surface area (Å²) < 4.78 is 6.61. The number of fused-ring (bicyclic) bond motifs is 2. The van der Waals surface area contributed by atoms with Gasteiger partial charge in [0, 0.05) is 12.5 Å². The van der Waals surface area contributed by atoms with Crippen LogP contribution in [0.5, 0.6) is 0 Å². The fourth-order valence-corrected chi connectivity index (χ4v) is 3.29. The molecular formula is C11H14IN3O2. The van der Waals surface area contributed by atoms with E-state index in [1.54, 1.807) is 0 Å². The van der Waals surface area contributed by atoms with Gasteiger partial charge in [0.05, 0.1) is 25.8 Å². The molecule has 17 heavy (non-hydrogen) atoms. The van der Waals surface area contributed by atoms with Crippen LogP contribution < -0.4 is 4.90 Å². The third-order valence-corrected chi connectivity index (χ3v) is 4.02. The molecule has 6 heteroatoms. The standard InChI is InChI=1S/C11H14IN3O2/c1-7-13-9(12)2-10(14-7)15-5-11(6-16)3-8(15)4-17-11/h2,8,16H,3-6H2,1H3/t8-,11-/m1/s1. The summed E-state index contributed by atoms with van der Waals surface area (Å²) in [4.78, 5) is 11.0. The van der Waals surface area contributed by atoms with E-state index in [0.717, 1.165) is 28.3 Å². The van der Waals surface area contributed by atoms with Crippen molar-refractivity contribution in [2.45, 2.75) is 25.0 Å². The fourth-order valence-electron chi connectivity index (χ4n) is 2.66. The molecule has 0 unspecified atom stereocenters. The first-order valence-electron chi connectivity index (χ1n) is 5.64. The molecule has 0 spiro atoms. The molecular weight excluding hydrogens is 333 g/mol. The van der Waals surface area contributed by atoms with E-state index in [9.17, 15) is 5.11 Å².